The van der Waals surface area contributed by atoms with Gasteiger partial charge in [-0.25, -0.2) is 0 Å². The van der Waals surface area contributed by atoms with Crippen molar-refractivity contribution < 1.29 is 4.79 Å². The van der Waals surface area contributed by atoms with Crippen molar-refractivity contribution in [3.8, 4) is 0 Å². The highest BCUT2D eigenvalue weighted by atomic mass is 127. The topological polar surface area (TPSA) is 17.1 Å². The number of rotatable bonds is 8. The highest BCUT2D eigenvalue weighted by Gasteiger charge is 2.12. The number of carbonyl (C=O) groups excluding carboxylic acids is 1. The number of hydrogen-bond donors (Lipinski definition) is 0. The molecule has 0 aromatic rings. The van der Waals surface area contributed by atoms with Crippen LogP contribution in [0.1, 0.15) is 127 Å². The highest BCUT2D eigenvalue weighted by Crippen LogP contribution is 2.26. The predicted molar refractivity (Wildman–Crippen MR) is 144 cm³/mol. The maximum atomic E-state index is 9.81. The van der Waals surface area contributed by atoms with Gasteiger partial charge in [-0.3, -0.25) is 0 Å². The predicted octanol–water partition coefficient (Wildman–Crippen LogP) is 10.1. The lowest BCUT2D eigenvalue weighted by Gasteiger charge is -2.18. The largest absolute Gasteiger partial charge is 0.300 e. The molecule has 0 N–H and O–H groups in total. The molecule has 1 aliphatic rings. The number of carbonyl (C=O) groups is 1. The number of alkyl halides is 1. The summed E-state index contributed by atoms with van der Waals surface area (Å²) in [6, 6.07) is 0. The molecule has 1 aliphatic carbocycles. The monoisotopic (exact) mass is 520 g/mol. The first-order chi connectivity index (χ1) is 13.8. The van der Waals surface area contributed by atoms with Crippen LogP contribution in [0.25, 0.3) is 0 Å². The van der Waals surface area contributed by atoms with Gasteiger partial charge >= 0.3 is 0 Å². The van der Waals surface area contributed by atoms with E-state index in [1.54, 1.807) is 6.92 Å². The Labute approximate surface area is 198 Å². The third kappa shape index (κ3) is 27.9. The number of hydrogen-bond acceptors (Lipinski definition) is 1. The quantitative estimate of drug-likeness (QED) is 0.230. The van der Waals surface area contributed by atoms with Crippen LogP contribution >= 0.6 is 22.6 Å². The van der Waals surface area contributed by atoms with Gasteiger partial charge in [-0.2, -0.15) is 0 Å². The van der Waals surface area contributed by atoms with Crippen molar-refractivity contribution in [1.29, 1.82) is 0 Å². The van der Waals surface area contributed by atoms with E-state index in [9.17, 15) is 4.79 Å². The van der Waals surface area contributed by atoms with E-state index in [1.807, 2.05) is 20.8 Å². The van der Waals surface area contributed by atoms with E-state index in [0.29, 0.717) is 6.42 Å². The van der Waals surface area contributed by atoms with Crippen molar-refractivity contribution in [1.82, 2.24) is 0 Å². The van der Waals surface area contributed by atoms with E-state index in [-0.39, 0.29) is 5.78 Å². The van der Waals surface area contributed by atoms with Gasteiger partial charge in [-0.1, -0.05) is 140 Å². The molecule has 1 rings (SSSR count). The summed E-state index contributed by atoms with van der Waals surface area (Å²) in [5, 5.41) is 0. The van der Waals surface area contributed by atoms with E-state index in [2.05, 4.69) is 75.4 Å². The minimum Gasteiger partial charge on any atom is -0.300 e. The zero-order valence-corrected chi connectivity index (χ0v) is 23.5. The first-order valence-electron chi connectivity index (χ1n) is 12.3. The molecule has 0 spiro atoms. The molecule has 0 aromatic heterocycles. The van der Waals surface area contributed by atoms with Crippen molar-refractivity contribution >= 4 is 28.4 Å². The Morgan fingerprint density at radius 2 is 1.62 bits per heavy atom. The van der Waals surface area contributed by atoms with Crippen LogP contribution < -0.4 is 0 Å². The molecule has 0 fully saturated rings. The molecule has 29 heavy (non-hydrogen) atoms. The Bertz CT molecular complexity index is 391. The van der Waals surface area contributed by atoms with E-state index in [1.165, 1.54) is 63.4 Å². The third-order valence-corrected chi connectivity index (χ3v) is 5.85. The second kappa shape index (κ2) is 25.9. The van der Waals surface area contributed by atoms with Crippen LogP contribution in [0, 0.1) is 11.8 Å². The van der Waals surface area contributed by atoms with Gasteiger partial charge in [0.1, 0.15) is 5.78 Å². The summed E-state index contributed by atoms with van der Waals surface area (Å²) in [7, 11) is 0. The maximum Gasteiger partial charge on any atom is 0.129 e. The maximum absolute atomic E-state index is 9.81. The summed E-state index contributed by atoms with van der Waals surface area (Å²) in [4.78, 5) is 9.81. The number of halogens is 1. The van der Waals surface area contributed by atoms with Gasteiger partial charge in [0.05, 0.1) is 0 Å². The molecule has 1 nitrogen and oxygen atoms in total. The molecule has 0 amide bonds. The van der Waals surface area contributed by atoms with Crippen LogP contribution in [-0.2, 0) is 4.79 Å². The zero-order valence-electron chi connectivity index (χ0n) is 21.3. The van der Waals surface area contributed by atoms with Gasteiger partial charge in [0.25, 0.3) is 0 Å². The highest BCUT2D eigenvalue weighted by molar-refractivity contribution is 14.1. The molecule has 0 radical (unpaired) electrons. The van der Waals surface area contributed by atoms with Crippen LogP contribution in [-0.4, -0.2) is 9.71 Å². The molecular formula is C27H53IO. The Hall–Kier alpha value is -0.120. The molecule has 174 valence electrons. The van der Waals surface area contributed by atoms with Crippen LogP contribution in [0.5, 0.6) is 0 Å². The average Bonchev–Trinajstić information content (AvgIpc) is 2.70. The van der Waals surface area contributed by atoms with E-state index in [0.717, 1.165) is 15.8 Å². The van der Waals surface area contributed by atoms with Crippen molar-refractivity contribution in [3.63, 3.8) is 0 Å². The van der Waals surface area contributed by atoms with Crippen molar-refractivity contribution in [2.24, 2.45) is 11.8 Å². The van der Waals surface area contributed by atoms with E-state index >= 15 is 0 Å². The molecule has 2 heteroatoms. The van der Waals surface area contributed by atoms with Crippen LogP contribution in [0.4, 0.5) is 0 Å². The minimum absolute atomic E-state index is 0.255. The standard InChI is InChI=1S/C13H21I.C8H18.C4H8O.C2H6/c1-3-4-5-12-8-6-11(2)7-9-13(14)10-12;1-4-6-8(3)7-5-2;1-3-4(2)5;1-2/h6-7,9,12-13H,3-5,8,10H2,1-2H3;8H,4-7H2,1-3H3;3H2,1-2H3;1-2H3/b9-7-,11-6-;;;. The fourth-order valence-corrected chi connectivity index (χ4v) is 3.96. The molecule has 0 saturated heterocycles. The number of allylic oxidation sites excluding steroid dienone is 4. The van der Waals surface area contributed by atoms with Crippen molar-refractivity contribution in [2.45, 2.75) is 130 Å². The molecule has 0 bridgehead atoms. The summed E-state index contributed by atoms with van der Waals surface area (Å²) < 4.78 is 0.734. The molecule has 0 aliphatic heterocycles. The number of ketones is 1. The lowest BCUT2D eigenvalue weighted by molar-refractivity contribution is -0.116. The van der Waals surface area contributed by atoms with Crippen LogP contribution in [0.15, 0.2) is 23.8 Å². The molecule has 0 aromatic carbocycles. The van der Waals surface area contributed by atoms with Gasteiger partial charge in [0.2, 0.25) is 0 Å². The minimum atomic E-state index is 0.255. The normalized spacial score (nSPS) is 20.9. The summed E-state index contributed by atoms with van der Waals surface area (Å²) in [5.74, 6) is 2.13. The summed E-state index contributed by atoms with van der Waals surface area (Å²) in [5.41, 5.74) is 1.44. The number of unbranched alkanes of at least 4 members (excludes halogenated alkanes) is 1. The lowest BCUT2D eigenvalue weighted by Crippen LogP contribution is -2.07. The molecular weight excluding hydrogens is 467 g/mol. The van der Waals surface area contributed by atoms with Gasteiger partial charge in [0, 0.05) is 10.3 Å². The van der Waals surface area contributed by atoms with Gasteiger partial charge in [0.15, 0.2) is 0 Å². The Kier molecular flexibility index (Phi) is 30.0. The van der Waals surface area contributed by atoms with Gasteiger partial charge < -0.3 is 4.79 Å². The Morgan fingerprint density at radius 1 is 1.10 bits per heavy atom. The first kappa shape index (κ1) is 33.5. The smallest absolute Gasteiger partial charge is 0.129 e. The fourth-order valence-electron chi connectivity index (χ4n) is 3.03. The van der Waals surface area contributed by atoms with Crippen molar-refractivity contribution in [3.05, 3.63) is 23.8 Å². The molecule has 0 heterocycles. The zero-order chi connectivity index (χ0) is 23.1. The SMILES string of the molecule is CC.CCC(C)=O.CCCC(C)CCC.CCCCC1C/C=C(C)\C=C/C(I)C1. The van der Waals surface area contributed by atoms with Gasteiger partial charge in [-0.05, 0) is 38.5 Å². The van der Waals surface area contributed by atoms with Crippen molar-refractivity contribution in [2.75, 3.05) is 0 Å². The third-order valence-electron chi connectivity index (χ3n) is 4.93. The molecule has 2 unspecified atom stereocenters. The average molecular weight is 521 g/mol. The van der Waals surface area contributed by atoms with Crippen LogP contribution in [0.2, 0.25) is 0 Å². The van der Waals surface area contributed by atoms with E-state index < -0.39 is 0 Å². The first-order valence-corrected chi connectivity index (χ1v) is 13.5. The Morgan fingerprint density at radius 3 is 2.03 bits per heavy atom. The summed E-state index contributed by atoms with van der Waals surface area (Å²) >= 11 is 2.56. The summed E-state index contributed by atoms with van der Waals surface area (Å²) in [6.45, 7) is 18.8. The van der Waals surface area contributed by atoms with Crippen LogP contribution in [0.3, 0.4) is 0 Å². The molecule has 2 atom stereocenters. The number of Topliss-reactive ketones (excluding diaryl/α,β-unsaturated/α-hetero) is 1. The fraction of sp³-hybridized carbons (Fsp3) is 0.815. The lowest BCUT2D eigenvalue weighted by atomic mass is 9.91. The summed E-state index contributed by atoms with van der Waals surface area (Å²) in [6.07, 6.45) is 20.0. The van der Waals surface area contributed by atoms with Gasteiger partial charge in [-0.15, -0.1) is 0 Å². The second-order valence-corrected chi connectivity index (χ2v) is 9.64. The second-order valence-electron chi connectivity index (χ2n) is 8.04. The van der Waals surface area contributed by atoms with E-state index in [4.69, 9.17) is 0 Å². The molecule has 0 saturated carbocycles. The Balaban J connectivity index is -0.000000382.